The predicted octanol–water partition coefficient (Wildman–Crippen LogP) is 7.54. The fourth-order valence-electron chi connectivity index (χ4n) is 9.34. The number of aryl methyl sites for hydroxylation is 1. The minimum Gasteiger partial charge on any atom is -0.494 e. The molecule has 5 nitrogen and oxygen atoms in total. The van der Waals surface area contributed by atoms with Gasteiger partial charge in [-0.05, 0) is 136 Å². The van der Waals surface area contributed by atoms with Crippen molar-refractivity contribution in [2.24, 2.45) is 34.5 Å². The van der Waals surface area contributed by atoms with Crippen LogP contribution in [0, 0.1) is 34.5 Å². The Bertz CT molecular complexity index is 1120. The van der Waals surface area contributed by atoms with Crippen LogP contribution in [0.1, 0.15) is 110 Å². The molecule has 0 spiro atoms. The Hall–Kier alpha value is -2.14. The molecule has 1 aromatic rings. The molecule has 0 radical (unpaired) electrons. The number of unbranched alkanes of at least 4 members (excludes halogenated alkanes) is 2. The van der Waals surface area contributed by atoms with Crippen molar-refractivity contribution < 1.29 is 24.5 Å². The number of aliphatic carboxylic acids is 1. The van der Waals surface area contributed by atoms with Gasteiger partial charge in [0.15, 0.2) is 5.78 Å². The van der Waals surface area contributed by atoms with E-state index in [9.17, 15) is 14.7 Å². The van der Waals surface area contributed by atoms with Gasteiger partial charge in [-0.25, -0.2) is 0 Å². The smallest absolute Gasteiger partial charge is 0.303 e. The number of allylic oxidation sites excluding steroid dienone is 1. The van der Waals surface area contributed by atoms with Crippen LogP contribution in [0.5, 0.6) is 5.75 Å². The van der Waals surface area contributed by atoms with Crippen molar-refractivity contribution in [1.82, 2.24) is 0 Å². The van der Waals surface area contributed by atoms with Crippen LogP contribution in [-0.2, 0) is 16.0 Å². The van der Waals surface area contributed by atoms with E-state index in [1.54, 1.807) is 0 Å². The molecule has 40 heavy (non-hydrogen) atoms. The Kier molecular flexibility index (Phi) is 8.53. The van der Waals surface area contributed by atoms with E-state index >= 15 is 0 Å². The maximum absolute atomic E-state index is 12.5. The van der Waals surface area contributed by atoms with Crippen molar-refractivity contribution in [2.75, 3.05) is 6.61 Å². The Balaban J connectivity index is 1.22. The molecular weight excluding hydrogens is 500 g/mol. The number of carboxylic acids is 1. The number of ether oxygens (including phenoxy) is 1. The monoisotopic (exact) mass is 550 g/mol. The van der Waals surface area contributed by atoms with Crippen molar-refractivity contribution in [3.05, 3.63) is 41.5 Å². The molecule has 1 aromatic carbocycles. The molecule has 220 valence electrons. The lowest BCUT2D eigenvalue weighted by Gasteiger charge is -2.61. The average Bonchev–Trinajstić information content (AvgIpc) is 3.15. The Morgan fingerprint density at radius 3 is 2.62 bits per heavy atom. The van der Waals surface area contributed by atoms with Crippen molar-refractivity contribution >= 4 is 11.8 Å². The van der Waals surface area contributed by atoms with E-state index in [1.165, 1.54) is 30.4 Å². The summed E-state index contributed by atoms with van der Waals surface area (Å²) >= 11 is 0. The lowest BCUT2D eigenvalue weighted by molar-refractivity contribution is -0.137. The van der Waals surface area contributed by atoms with E-state index in [4.69, 9.17) is 9.84 Å². The van der Waals surface area contributed by atoms with Crippen LogP contribution in [0.4, 0.5) is 0 Å². The SMILES string of the molecule is CC1(O)CC[C@H]2[C@@H]3C(CCCCc4cccc(OCCCCC(=O)O)c4)CC4=CC(=O)CC[C@]4(C)[C@@H]3CC[C@@]21C. The summed E-state index contributed by atoms with van der Waals surface area (Å²) in [5.41, 5.74) is 2.30. The molecule has 3 fully saturated rings. The molecule has 0 aromatic heterocycles. The number of aliphatic hydroxyl groups is 1. The number of rotatable bonds is 11. The number of carboxylic acid groups (broad SMARTS) is 1. The maximum Gasteiger partial charge on any atom is 0.303 e. The summed E-state index contributed by atoms with van der Waals surface area (Å²) in [5.74, 6) is 2.86. The maximum atomic E-state index is 12.5. The predicted molar refractivity (Wildman–Crippen MR) is 157 cm³/mol. The van der Waals surface area contributed by atoms with Crippen molar-refractivity contribution in [1.29, 1.82) is 0 Å². The van der Waals surface area contributed by atoms with E-state index in [2.05, 4.69) is 39.0 Å². The molecule has 0 saturated heterocycles. The molecule has 0 aliphatic heterocycles. The van der Waals surface area contributed by atoms with Crippen LogP contribution < -0.4 is 4.74 Å². The molecule has 2 N–H and O–H groups in total. The second kappa shape index (κ2) is 11.6. The summed E-state index contributed by atoms with van der Waals surface area (Å²) in [7, 11) is 0. The summed E-state index contributed by atoms with van der Waals surface area (Å²) < 4.78 is 5.88. The quantitative estimate of drug-likeness (QED) is 0.278. The highest BCUT2D eigenvalue weighted by molar-refractivity contribution is 5.91. The van der Waals surface area contributed by atoms with E-state index < -0.39 is 11.6 Å². The molecule has 2 unspecified atom stereocenters. The van der Waals surface area contributed by atoms with Crippen molar-refractivity contribution in [3.8, 4) is 5.75 Å². The Labute approximate surface area is 240 Å². The molecule has 4 aliphatic rings. The van der Waals surface area contributed by atoms with E-state index in [0.717, 1.165) is 57.1 Å². The van der Waals surface area contributed by atoms with Gasteiger partial charge in [-0.3, -0.25) is 9.59 Å². The van der Waals surface area contributed by atoms with Gasteiger partial charge in [-0.1, -0.05) is 38.0 Å². The minimum atomic E-state index is -0.753. The number of ketones is 1. The first-order valence-corrected chi connectivity index (χ1v) is 15.9. The standard InChI is InChI=1S/C35H50O5/c1-33-17-14-27(36)23-26(33)22-25(32-29(33)15-18-34(2)30(32)16-19-35(34,3)39)11-5-4-9-24-10-8-12-28(21-24)40-20-7-6-13-31(37)38/h8,10,12,21,23,25,29-30,32,39H,4-7,9,11,13-20,22H2,1-3H3,(H,37,38)/t25?,29-,30+,32-,33+,34+,35?/m1/s1. The number of carbonyl (C=O) groups excluding carboxylic acids is 1. The number of fused-ring (bicyclic) bond motifs is 5. The number of hydrogen-bond acceptors (Lipinski definition) is 4. The van der Waals surface area contributed by atoms with Gasteiger partial charge in [0.25, 0.3) is 0 Å². The summed E-state index contributed by atoms with van der Waals surface area (Å²) in [6.45, 7) is 7.46. The zero-order valence-corrected chi connectivity index (χ0v) is 24.9. The molecule has 7 atom stereocenters. The second-order valence-corrected chi connectivity index (χ2v) is 14.2. The van der Waals surface area contributed by atoms with Crippen LogP contribution in [0.25, 0.3) is 0 Å². The zero-order chi connectivity index (χ0) is 28.5. The van der Waals surface area contributed by atoms with E-state index in [0.29, 0.717) is 48.9 Å². The molecule has 0 amide bonds. The highest BCUT2D eigenvalue weighted by Gasteiger charge is 2.64. The Morgan fingerprint density at radius 1 is 1.02 bits per heavy atom. The number of benzene rings is 1. The molecule has 5 rings (SSSR count). The summed E-state index contributed by atoms with van der Waals surface area (Å²) in [6.07, 6.45) is 15.2. The van der Waals surface area contributed by atoms with Gasteiger partial charge in [0.2, 0.25) is 0 Å². The van der Waals surface area contributed by atoms with E-state index in [1.807, 2.05) is 12.1 Å². The largest absolute Gasteiger partial charge is 0.494 e. The fraction of sp³-hybridized carbons (Fsp3) is 0.714. The number of carbonyl (C=O) groups is 2. The fourth-order valence-corrected chi connectivity index (χ4v) is 9.34. The van der Waals surface area contributed by atoms with Gasteiger partial charge in [0.1, 0.15) is 5.75 Å². The van der Waals surface area contributed by atoms with Gasteiger partial charge >= 0.3 is 5.97 Å². The number of hydrogen-bond donors (Lipinski definition) is 2. The zero-order valence-electron chi connectivity index (χ0n) is 24.9. The molecule has 0 heterocycles. The molecular formula is C35H50O5. The lowest BCUT2D eigenvalue weighted by Crippen LogP contribution is -2.56. The Morgan fingerprint density at radius 2 is 1.82 bits per heavy atom. The van der Waals surface area contributed by atoms with Crippen molar-refractivity contribution in [3.63, 3.8) is 0 Å². The normalized spacial score (nSPS) is 36.8. The second-order valence-electron chi connectivity index (χ2n) is 14.2. The third kappa shape index (κ3) is 5.65. The van der Waals surface area contributed by atoms with Gasteiger partial charge in [-0.2, -0.15) is 0 Å². The molecule has 0 bridgehead atoms. The van der Waals surface area contributed by atoms with Gasteiger partial charge in [-0.15, -0.1) is 0 Å². The van der Waals surface area contributed by atoms with Crippen LogP contribution in [0.3, 0.4) is 0 Å². The summed E-state index contributed by atoms with van der Waals surface area (Å²) in [6, 6.07) is 8.33. The highest BCUT2D eigenvalue weighted by atomic mass is 16.5. The average molecular weight is 551 g/mol. The van der Waals surface area contributed by atoms with Gasteiger partial charge < -0.3 is 14.9 Å². The summed E-state index contributed by atoms with van der Waals surface area (Å²) in [5, 5.41) is 20.2. The van der Waals surface area contributed by atoms with Gasteiger partial charge in [0, 0.05) is 12.8 Å². The topological polar surface area (TPSA) is 83.8 Å². The first kappa shape index (κ1) is 29.4. The van der Waals surface area contributed by atoms with Crippen LogP contribution in [-0.4, -0.2) is 34.2 Å². The molecule has 4 aliphatic carbocycles. The first-order valence-electron chi connectivity index (χ1n) is 15.9. The first-order chi connectivity index (χ1) is 19.0. The van der Waals surface area contributed by atoms with E-state index in [-0.39, 0.29) is 17.3 Å². The third-order valence-corrected chi connectivity index (χ3v) is 11.9. The highest BCUT2D eigenvalue weighted by Crippen LogP contribution is 2.69. The third-order valence-electron chi connectivity index (χ3n) is 11.9. The van der Waals surface area contributed by atoms with Gasteiger partial charge in [0.05, 0.1) is 12.2 Å². The lowest BCUT2D eigenvalue weighted by atomic mass is 9.44. The van der Waals surface area contributed by atoms with Crippen LogP contribution in [0.2, 0.25) is 0 Å². The summed E-state index contributed by atoms with van der Waals surface area (Å²) in [4.78, 5) is 23.2. The van der Waals surface area contributed by atoms with Crippen LogP contribution >= 0.6 is 0 Å². The van der Waals surface area contributed by atoms with Crippen molar-refractivity contribution in [2.45, 2.75) is 116 Å². The molecule has 5 heteroatoms. The van der Waals surface area contributed by atoms with Crippen LogP contribution in [0.15, 0.2) is 35.9 Å². The minimum absolute atomic E-state index is 0.00252. The molecule has 3 saturated carbocycles.